The lowest BCUT2D eigenvalue weighted by molar-refractivity contribution is -0.121. The van der Waals surface area contributed by atoms with Crippen molar-refractivity contribution >= 4 is 23.1 Å². The van der Waals surface area contributed by atoms with Crippen molar-refractivity contribution in [2.45, 2.75) is 13.8 Å². The van der Waals surface area contributed by atoms with E-state index >= 15 is 0 Å². The number of anilines is 1. The highest BCUT2D eigenvalue weighted by Crippen LogP contribution is 2.36. The summed E-state index contributed by atoms with van der Waals surface area (Å²) in [6.45, 7) is 4.55. The normalized spacial score (nSPS) is 14.2. The van der Waals surface area contributed by atoms with E-state index in [2.05, 4.69) is 0 Å². The fraction of sp³-hybridized carbons (Fsp3) is 0.200. The number of imide groups is 1. The molecule has 6 heteroatoms. The molecule has 1 aliphatic heterocycles. The Hall–Kier alpha value is -3.28. The molecule has 3 rings (SSSR count). The molecule has 0 radical (unpaired) electrons. The highest BCUT2D eigenvalue weighted by Gasteiger charge is 2.40. The number of aliphatic hydroxyl groups is 1. The molecule has 26 heavy (non-hydrogen) atoms. The summed E-state index contributed by atoms with van der Waals surface area (Å²) in [5, 5.41) is 10.2. The Bertz CT molecular complexity index is 873. The number of rotatable bonds is 6. The van der Waals surface area contributed by atoms with Gasteiger partial charge in [-0.25, -0.2) is 4.90 Å². The fourth-order valence-corrected chi connectivity index (χ4v) is 2.80. The third kappa shape index (κ3) is 3.01. The number of carbonyl (C=O) groups is 2. The molecule has 0 saturated carbocycles. The smallest absolute Gasteiger partial charge is 0.301 e. The van der Waals surface area contributed by atoms with Crippen LogP contribution in [0.3, 0.4) is 0 Å². The minimum atomic E-state index is -0.763. The number of hydrogen-bond donors (Lipinski definition) is 1. The average Bonchev–Trinajstić information content (AvgIpc) is 2.87. The lowest BCUT2D eigenvalue weighted by Gasteiger charge is -2.18. The molecular formula is C20H19NO5. The molecule has 0 aliphatic carbocycles. The van der Waals surface area contributed by atoms with Crippen molar-refractivity contribution in [1.29, 1.82) is 0 Å². The predicted octanol–water partition coefficient (Wildman–Crippen LogP) is 3.33. The van der Waals surface area contributed by atoms with Gasteiger partial charge in [0.25, 0.3) is 5.91 Å². The first-order valence-electron chi connectivity index (χ1n) is 8.35. The molecule has 0 aromatic heterocycles. The maximum Gasteiger partial charge on any atom is 0.301 e. The van der Waals surface area contributed by atoms with Gasteiger partial charge in [0.05, 0.1) is 24.5 Å². The summed E-state index contributed by atoms with van der Waals surface area (Å²) in [7, 11) is 0. The maximum atomic E-state index is 12.8. The molecule has 0 bridgehead atoms. The Morgan fingerprint density at radius 1 is 0.885 bits per heavy atom. The number of hydrogen-bond acceptors (Lipinski definition) is 5. The summed E-state index contributed by atoms with van der Waals surface area (Å²) >= 11 is 0. The summed E-state index contributed by atoms with van der Waals surface area (Å²) in [5.41, 5.74) is 0.786. The van der Waals surface area contributed by atoms with E-state index in [0.717, 1.165) is 4.90 Å². The second-order valence-electron chi connectivity index (χ2n) is 5.53. The minimum absolute atomic E-state index is 0.0116. The van der Waals surface area contributed by atoms with E-state index in [-0.39, 0.29) is 5.57 Å². The van der Waals surface area contributed by atoms with E-state index in [0.29, 0.717) is 36.0 Å². The van der Waals surface area contributed by atoms with E-state index in [1.807, 2.05) is 13.8 Å². The first kappa shape index (κ1) is 17.5. The third-order valence-electron chi connectivity index (χ3n) is 3.91. The Labute approximate surface area is 151 Å². The number of benzene rings is 2. The van der Waals surface area contributed by atoms with Crippen molar-refractivity contribution in [3.63, 3.8) is 0 Å². The molecule has 1 aliphatic rings. The second kappa shape index (κ2) is 7.31. The molecule has 2 aromatic rings. The van der Waals surface area contributed by atoms with Crippen molar-refractivity contribution in [3.05, 3.63) is 59.9 Å². The van der Waals surface area contributed by atoms with E-state index in [1.54, 1.807) is 48.5 Å². The molecule has 2 aromatic carbocycles. The van der Waals surface area contributed by atoms with Gasteiger partial charge in [0.15, 0.2) is 17.3 Å². The Morgan fingerprint density at radius 3 is 2.19 bits per heavy atom. The zero-order valence-electron chi connectivity index (χ0n) is 14.6. The summed E-state index contributed by atoms with van der Waals surface area (Å²) in [6, 6.07) is 13.4. The first-order chi connectivity index (χ1) is 12.6. The zero-order valence-corrected chi connectivity index (χ0v) is 14.6. The number of aliphatic hydroxyl groups excluding tert-OH is 1. The van der Waals surface area contributed by atoms with Crippen LogP contribution in [-0.2, 0) is 9.59 Å². The van der Waals surface area contributed by atoms with Crippen LogP contribution >= 0.6 is 0 Å². The summed E-state index contributed by atoms with van der Waals surface area (Å²) in [6.07, 6.45) is 0. The van der Waals surface area contributed by atoms with Crippen LogP contribution < -0.4 is 14.4 Å². The minimum Gasteiger partial charge on any atom is -0.502 e. The van der Waals surface area contributed by atoms with Crippen LogP contribution in [0, 0.1) is 0 Å². The monoisotopic (exact) mass is 353 g/mol. The summed E-state index contributed by atoms with van der Waals surface area (Å²) < 4.78 is 11.0. The molecule has 6 nitrogen and oxygen atoms in total. The molecule has 0 spiro atoms. The molecule has 0 saturated heterocycles. The molecule has 0 fully saturated rings. The number of ether oxygens (including phenoxy) is 2. The van der Waals surface area contributed by atoms with Gasteiger partial charge in [0.2, 0.25) is 0 Å². The van der Waals surface area contributed by atoms with Crippen LogP contribution in [0.1, 0.15) is 19.4 Å². The largest absolute Gasteiger partial charge is 0.502 e. The standard InChI is InChI=1S/C20H19NO5/c1-3-25-15-11-10-14(12-16(15)26-4-2)21-19(23)17(18(22)20(21)24)13-8-6-5-7-9-13/h5-12,22H,3-4H2,1-2H3. The van der Waals surface area contributed by atoms with Crippen LogP contribution in [0.2, 0.25) is 0 Å². The van der Waals surface area contributed by atoms with E-state index in [9.17, 15) is 14.7 Å². The topological polar surface area (TPSA) is 76.1 Å². The van der Waals surface area contributed by atoms with Gasteiger partial charge in [-0.1, -0.05) is 30.3 Å². The second-order valence-corrected chi connectivity index (χ2v) is 5.53. The van der Waals surface area contributed by atoms with Gasteiger partial charge in [-0.05, 0) is 31.5 Å². The quantitative estimate of drug-likeness (QED) is 0.806. The lowest BCUT2D eigenvalue weighted by Crippen LogP contribution is -2.31. The van der Waals surface area contributed by atoms with Crippen molar-refractivity contribution < 1.29 is 24.2 Å². The number of carbonyl (C=O) groups excluding carboxylic acids is 2. The fourth-order valence-electron chi connectivity index (χ4n) is 2.80. The molecule has 1 N–H and O–H groups in total. The Morgan fingerprint density at radius 2 is 1.54 bits per heavy atom. The van der Waals surface area contributed by atoms with Gasteiger partial charge < -0.3 is 14.6 Å². The molecule has 134 valence electrons. The molecule has 1 heterocycles. The SMILES string of the molecule is CCOc1ccc(N2C(=O)C(O)=C(c3ccccc3)C2=O)cc1OCC. The summed E-state index contributed by atoms with van der Waals surface area (Å²) in [4.78, 5) is 26.3. The summed E-state index contributed by atoms with van der Waals surface area (Å²) in [5.74, 6) is -0.948. The van der Waals surface area contributed by atoms with E-state index in [1.165, 1.54) is 0 Å². The average molecular weight is 353 g/mol. The van der Waals surface area contributed by atoms with Crippen molar-refractivity contribution in [3.8, 4) is 11.5 Å². The Balaban J connectivity index is 2.00. The Kier molecular flexibility index (Phi) is 4.93. The highest BCUT2D eigenvalue weighted by molar-refractivity contribution is 6.44. The van der Waals surface area contributed by atoms with Crippen LogP contribution in [-0.4, -0.2) is 30.1 Å². The highest BCUT2D eigenvalue weighted by atomic mass is 16.5. The zero-order chi connectivity index (χ0) is 18.7. The van der Waals surface area contributed by atoms with Gasteiger partial charge in [-0.3, -0.25) is 9.59 Å². The van der Waals surface area contributed by atoms with E-state index < -0.39 is 17.6 Å². The van der Waals surface area contributed by atoms with Gasteiger partial charge in [-0.15, -0.1) is 0 Å². The molecule has 2 amide bonds. The predicted molar refractivity (Wildman–Crippen MR) is 97.3 cm³/mol. The number of nitrogens with zero attached hydrogens (tertiary/aromatic N) is 1. The van der Waals surface area contributed by atoms with Crippen molar-refractivity contribution in [2.24, 2.45) is 0 Å². The molecular weight excluding hydrogens is 334 g/mol. The van der Waals surface area contributed by atoms with Crippen LogP contribution in [0.25, 0.3) is 5.57 Å². The van der Waals surface area contributed by atoms with Crippen LogP contribution in [0.5, 0.6) is 11.5 Å². The van der Waals surface area contributed by atoms with Gasteiger partial charge in [0, 0.05) is 6.07 Å². The third-order valence-corrected chi connectivity index (χ3v) is 3.91. The van der Waals surface area contributed by atoms with Crippen LogP contribution in [0.4, 0.5) is 5.69 Å². The van der Waals surface area contributed by atoms with Crippen molar-refractivity contribution in [1.82, 2.24) is 0 Å². The number of amides is 2. The maximum absolute atomic E-state index is 12.8. The van der Waals surface area contributed by atoms with Gasteiger partial charge >= 0.3 is 5.91 Å². The van der Waals surface area contributed by atoms with E-state index in [4.69, 9.17) is 9.47 Å². The van der Waals surface area contributed by atoms with Gasteiger partial charge in [0.1, 0.15) is 0 Å². The first-order valence-corrected chi connectivity index (χ1v) is 8.35. The molecule has 0 atom stereocenters. The van der Waals surface area contributed by atoms with Crippen molar-refractivity contribution in [2.75, 3.05) is 18.1 Å². The van der Waals surface area contributed by atoms with Gasteiger partial charge in [-0.2, -0.15) is 0 Å². The lowest BCUT2D eigenvalue weighted by atomic mass is 10.1. The molecule has 0 unspecified atom stereocenters. The van der Waals surface area contributed by atoms with Crippen LogP contribution in [0.15, 0.2) is 54.3 Å².